The molecule has 2 aromatic rings. The van der Waals surface area contributed by atoms with Crippen molar-refractivity contribution in [3.05, 3.63) is 48.0 Å². The summed E-state index contributed by atoms with van der Waals surface area (Å²) in [5.74, 6) is 1.50. The molecular formula is C19H26N4O2. The second-order valence-electron chi connectivity index (χ2n) is 6.52. The molecule has 0 saturated heterocycles. The summed E-state index contributed by atoms with van der Waals surface area (Å²) in [4.78, 5) is 17.0. The van der Waals surface area contributed by atoms with Crippen molar-refractivity contribution in [1.82, 2.24) is 20.2 Å². The zero-order chi connectivity index (χ0) is 17.6. The van der Waals surface area contributed by atoms with E-state index in [-0.39, 0.29) is 18.1 Å². The fraction of sp³-hybridized carbons (Fsp3) is 0.474. The van der Waals surface area contributed by atoms with Crippen molar-refractivity contribution in [3.63, 3.8) is 0 Å². The Kier molecular flexibility index (Phi) is 5.58. The Morgan fingerprint density at radius 3 is 2.72 bits per heavy atom. The van der Waals surface area contributed by atoms with Gasteiger partial charge >= 0.3 is 6.03 Å². The van der Waals surface area contributed by atoms with E-state index in [1.165, 1.54) is 19.3 Å². The maximum atomic E-state index is 12.6. The zero-order valence-electron chi connectivity index (χ0n) is 14.9. The highest BCUT2D eigenvalue weighted by Crippen LogP contribution is 2.29. The molecular weight excluding hydrogens is 316 g/mol. The lowest BCUT2D eigenvalue weighted by atomic mass is 9.96. The molecule has 0 aliphatic heterocycles. The average molecular weight is 342 g/mol. The number of imidazole rings is 1. The van der Waals surface area contributed by atoms with Crippen LogP contribution in [0.15, 0.2) is 36.7 Å². The molecule has 1 aromatic carbocycles. The van der Waals surface area contributed by atoms with E-state index in [4.69, 9.17) is 4.74 Å². The van der Waals surface area contributed by atoms with Gasteiger partial charge in [-0.2, -0.15) is 0 Å². The van der Waals surface area contributed by atoms with Crippen molar-refractivity contribution in [2.24, 2.45) is 7.05 Å². The van der Waals surface area contributed by atoms with Gasteiger partial charge in [0.2, 0.25) is 0 Å². The Morgan fingerprint density at radius 2 is 2.04 bits per heavy atom. The molecule has 1 aromatic heterocycles. The lowest BCUT2D eigenvalue weighted by Gasteiger charge is -2.26. The molecule has 2 N–H and O–H groups in total. The number of urea groups is 1. The number of aryl methyl sites for hydroxylation is 1. The minimum atomic E-state index is -0.375. The van der Waals surface area contributed by atoms with Gasteiger partial charge in [0.1, 0.15) is 17.6 Å². The van der Waals surface area contributed by atoms with Gasteiger partial charge in [-0.1, -0.05) is 37.5 Å². The molecule has 3 rings (SSSR count). The first-order valence-corrected chi connectivity index (χ1v) is 8.86. The summed E-state index contributed by atoms with van der Waals surface area (Å²) in [6, 6.07) is 7.43. The molecule has 1 saturated carbocycles. The number of para-hydroxylation sites is 1. The highest BCUT2D eigenvalue weighted by atomic mass is 16.5. The number of carbonyl (C=O) groups is 1. The van der Waals surface area contributed by atoms with Crippen molar-refractivity contribution >= 4 is 6.03 Å². The van der Waals surface area contributed by atoms with Gasteiger partial charge in [0.15, 0.2) is 0 Å². The second-order valence-corrected chi connectivity index (χ2v) is 6.52. The van der Waals surface area contributed by atoms with E-state index in [1.807, 2.05) is 42.1 Å². The minimum Gasteiger partial charge on any atom is -0.496 e. The van der Waals surface area contributed by atoms with Crippen molar-refractivity contribution < 1.29 is 9.53 Å². The smallest absolute Gasteiger partial charge is 0.315 e. The van der Waals surface area contributed by atoms with E-state index in [0.29, 0.717) is 0 Å². The largest absolute Gasteiger partial charge is 0.496 e. The van der Waals surface area contributed by atoms with Crippen molar-refractivity contribution in [3.8, 4) is 5.75 Å². The van der Waals surface area contributed by atoms with Crippen LogP contribution in [0.4, 0.5) is 4.79 Å². The molecule has 2 amide bonds. The van der Waals surface area contributed by atoms with Crippen LogP contribution in [-0.2, 0) is 7.05 Å². The van der Waals surface area contributed by atoms with Crippen LogP contribution in [0.25, 0.3) is 0 Å². The molecule has 0 bridgehead atoms. The molecule has 6 heteroatoms. The first kappa shape index (κ1) is 17.3. The van der Waals surface area contributed by atoms with Crippen molar-refractivity contribution in [2.75, 3.05) is 7.11 Å². The van der Waals surface area contributed by atoms with Crippen LogP contribution >= 0.6 is 0 Å². The number of hydrogen-bond donors (Lipinski definition) is 2. The summed E-state index contributed by atoms with van der Waals surface area (Å²) in [5.41, 5.74) is 0.887. The Balaban J connectivity index is 1.82. The SMILES string of the molecule is COc1ccccc1[C@H](NC(=O)NC1CCCCC1)c1nccn1C. The van der Waals surface area contributed by atoms with Gasteiger partial charge in [-0.15, -0.1) is 0 Å². The van der Waals surface area contributed by atoms with E-state index < -0.39 is 0 Å². The predicted octanol–water partition coefficient (Wildman–Crippen LogP) is 3.15. The molecule has 1 atom stereocenters. The number of nitrogens with one attached hydrogen (secondary N) is 2. The van der Waals surface area contributed by atoms with E-state index in [1.54, 1.807) is 13.3 Å². The summed E-state index contributed by atoms with van der Waals surface area (Å²) < 4.78 is 7.40. The molecule has 1 heterocycles. The van der Waals surface area contributed by atoms with Gasteiger partial charge in [-0.05, 0) is 18.9 Å². The molecule has 1 aliphatic carbocycles. The summed E-state index contributed by atoms with van der Waals surface area (Å²) in [6.45, 7) is 0. The lowest BCUT2D eigenvalue weighted by molar-refractivity contribution is 0.229. The summed E-state index contributed by atoms with van der Waals surface area (Å²) in [6.07, 6.45) is 9.33. The standard InChI is InChI=1S/C19H26N4O2/c1-23-13-12-20-18(23)17(15-10-6-7-11-16(15)25-2)22-19(24)21-14-8-4-3-5-9-14/h6-7,10-14,17H,3-5,8-9H2,1-2H3,(H2,21,22,24)/t17-/m0/s1. The van der Waals surface area contributed by atoms with Crippen LogP contribution in [0.3, 0.4) is 0 Å². The van der Waals surface area contributed by atoms with Crippen LogP contribution in [0.1, 0.15) is 49.5 Å². The first-order chi connectivity index (χ1) is 12.2. The number of amides is 2. The van der Waals surface area contributed by atoms with Gasteiger partial charge in [-0.3, -0.25) is 0 Å². The number of hydrogen-bond acceptors (Lipinski definition) is 3. The predicted molar refractivity (Wildman–Crippen MR) is 96.6 cm³/mol. The fourth-order valence-electron chi connectivity index (χ4n) is 3.45. The van der Waals surface area contributed by atoms with Crippen molar-refractivity contribution in [2.45, 2.75) is 44.2 Å². The number of methoxy groups -OCH3 is 1. The third kappa shape index (κ3) is 4.13. The third-order valence-electron chi connectivity index (χ3n) is 4.78. The number of benzene rings is 1. The Labute approximate surface area is 148 Å². The average Bonchev–Trinajstić information content (AvgIpc) is 3.06. The maximum absolute atomic E-state index is 12.6. The topological polar surface area (TPSA) is 68.2 Å². The van der Waals surface area contributed by atoms with Gasteiger partial charge in [0.05, 0.1) is 7.11 Å². The normalized spacial score (nSPS) is 16.2. The van der Waals surface area contributed by atoms with E-state index >= 15 is 0 Å². The minimum absolute atomic E-state index is 0.161. The number of rotatable bonds is 5. The number of ether oxygens (including phenoxy) is 1. The van der Waals surface area contributed by atoms with Crippen LogP contribution in [0.2, 0.25) is 0 Å². The lowest BCUT2D eigenvalue weighted by Crippen LogP contribution is -2.44. The monoisotopic (exact) mass is 342 g/mol. The highest BCUT2D eigenvalue weighted by Gasteiger charge is 2.25. The number of nitrogens with zero attached hydrogens (tertiary/aromatic N) is 2. The molecule has 0 radical (unpaired) electrons. The Bertz CT molecular complexity index is 707. The van der Waals surface area contributed by atoms with Crippen LogP contribution < -0.4 is 15.4 Å². The molecule has 1 aliphatic rings. The molecule has 0 unspecified atom stereocenters. The summed E-state index contributed by atoms with van der Waals surface area (Å²) in [5, 5.41) is 6.20. The van der Waals surface area contributed by atoms with E-state index in [9.17, 15) is 4.79 Å². The van der Waals surface area contributed by atoms with Gasteiger partial charge in [-0.25, -0.2) is 9.78 Å². The van der Waals surface area contributed by atoms with Gasteiger partial charge in [0, 0.05) is 31.0 Å². The Morgan fingerprint density at radius 1 is 1.28 bits per heavy atom. The third-order valence-corrected chi connectivity index (χ3v) is 4.78. The van der Waals surface area contributed by atoms with Gasteiger partial charge < -0.3 is 19.9 Å². The molecule has 134 valence electrons. The van der Waals surface area contributed by atoms with E-state index in [2.05, 4.69) is 15.6 Å². The van der Waals surface area contributed by atoms with E-state index in [0.717, 1.165) is 30.0 Å². The molecule has 6 nitrogen and oxygen atoms in total. The fourth-order valence-corrected chi connectivity index (χ4v) is 3.45. The second kappa shape index (κ2) is 8.05. The van der Waals surface area contributed by atoms with Crippen LogP contribution in [0, 0.1) is 0 Å². The summed E-state index contributed by atoms with van der Waals surface area (Å²) in [7, 11) is 3.56. The highest BCUT2D eigenvalue weighted by molar-refractivity contribution is 5.75. The number of carbonyl (C=O) groups excluding carboxylic acids is 1. The number of aromatic nitrogens is 2. The maximum Gasteiger partial charge on any atom is 0.315 e. The molecule has 0 spiro atoms. The zero-order valence-corrected chi connectivity index (χ0v) is 14.9. The van der Waals surface area contributed by atoms with Crippen LogP contribution in [-0.4, -0.2) is 28.7 Å². The molecule has 1 fully saturated rings. The Hall–Kier alpha value is -2.50. The molecule has 25 heavy (non-hydrogen) atoms. The first-order valence-electron chi connectivity index (χ1n) is 8.86. The van der Waals surface area contributed by atoms with Crippen LogP contribution in [0.5, 0.6) is 5.75 Å². The van der Waals surface area contributed by atoms with Gasteiger partial charge in [0.25, 0.3) is 0 Å². The quantitative estimate of drug-likeness (QED) is 0.877. The van der Waals surface area contributed by atoms with Crippen molar-refractivity contribution in [1.29, 1.82) is 0 Å². The summed E-state index contributed by atoms with van der Waals surface area (Å²) >= 11 is 0.